The second-order valence-corrected chi connectivity index (χ2v) is 3.61. The van der Waals surface area contributed by atoms with Crippen molar-refractivity contribution in [2.45, 2.75) is 13.8 Å². The number of phenols is 1. The highest BCUT2D eigenvalue weighted by Crippen LogP contribution is 2.36. The highest BCUT2D eigenvalue weighted by atomic mass is 79.9. The van der Waals surface area contributed by atoms with Crippen LogP contribution in [0.4, 0.5) is 5.69 Å². The maximum atomic E-state index is 10.6. The largest absolute Gasteiger partial charge is 0.506 e. The SMILES string of the molecule is Cc1cc(Br)c(O)c(C)c1[N+](=O)[O-]. The lowest BCUT2D eigenvalue weighted by Gasteiger charge is -2.05. The van der Waals surface area contributed by atoms with Crippen LogP contribution in [0.25, 0.3) is 0 Å². The van der Waals surface area contributed by atoms with Crippen LogP contribution in [0.3, 0.4) is 0 Å². The molecule has 0 saturated heterocycles. The summed E-state index contributed by atoms with van der Waals surface area (Å²) < 4.78 is 0.480. The molecule has 4 nitrogen and oxygen atoms in total. The molecule has 0 fully saturated rings. The van der Waals surface area contributed by atoms with E-state index in [9.17, 15) is 15.2 Å². The Bertz CT molecular complexity index is 376. The number of nitro groups is 1. The summed E-state index contributed by atoms with van der Waals surface area (Å²) in [5.74, 6) is -0.0719. The smallest absolute Gasteiger partial charge is 0.278 e. The zero-order valence-electron chi connectivity index (χ0n) is 7.17. The van der Waals surface area contributed by atoms with Gasteiger partial charge >= 0.3 is 0 Å². The molecular formula is C8H8BrNO3. The minimum atomic E-state index is -0.489. The molecule has 13 heavy (non-hydrogen) atoms. The van der Waals surface area contributed by atoms with Crippen LogP contribution < -0.4 is 0 Å². The minimum Gasteiger partial charge on any atom is -0.506 e. The van der Waals surface area contributed by atoms with Gasteiger partial charge in [0.05, 0.1) is 15.0 Å². The Balaban J connectivity index is 3.53. The van der Waals surface area contributed by atoms with E-state index in [2.05, 4.69) is 15.9 Å². The average molecular weight is 246 g/mol. The zero-order valence-corrected chi connectivity index (χ0v) is 8.75. The molecule has 0 heterocycles. The van der Waals surface area contributed by atoms with Gasteiger partial charge in [0.1, 0.15) is 5.75 Å². The Labute approximate surface area is 83.5 Å². The van der Waals surface area contributed by atoms with Crippen LogP contribution >= 0.6 is 15.9 Å². The van der Waals surface area contributed by atoms with E-state index in [-0.39, 0.29) is 17.0 Å². The van der Waals surface area contributed by atoms with Gasteiger partial charge in [0.15, 0.2) is 0 Å². The third-order valence-electron chi connectivity index (χ3n) is 1.84. The van der Waals surface area contributed by atoms with Crippen LogP contribution in [0.5, 0.6) is 5.75 Å². The number of phenolic OH excluding ortho intramolecular Hbond substituents is 1. The molecule has 0 spiro atoms. The van der Waals surface area contributed by atoms with Crippen LogP contribution in [-0.2, 0) is 0 Å². The predicted octanol–water partition coefficient (Wildman–Crippen LogP) is 2.68. The van der Waals surface area contributed by atoms with E-state index < -0.39 is 4.92 Å². The van der Waals surface area contributed by atoms with Crippen molar-refractivity contribution >= 4 is 21.6 Å². The normalized spacial score (nSPS) is 10.1. The van der Waals surface area contributed by atoms with Crippen molar-refractivity contribution in [3.63, 3.8) is 0 Å². The first-order valence-electron chi connectivity index (χ1n) is 3.58. The lowest BCUT2D eigenvalue weighted by molar-refractivity contribution is -0.386. The number of hydrogen-bond acceptors (Lipinski definition) is 3. The molecule has 5 heteroatoms. The number of aryl methyl sites for hydroxylation is 1. The van der Waals surface area contributed by atoms with E-state index in [1.807, 2.05) is 0 Å². The van der Waals surface area contributed by atoms with Gasteiger partial charge in [0, 0.05) is 5.56 Å². The molecule has 70 valence electrons. The molecule has 0 bridgehead atoms. The van der Waals surface area contributed by atoms with Crippen molar-refractivity contribution in [1.29, 1.82) is 0 Å². The summed E-state index contributed by atoms with van der Waals surface area (Å²) in [4.78, 5) is 10.1. The molecule has 0 amide bonds. The Kier molecular flexibility index (Phi) is 2.56. The fourth-order valence-electron chi connectivity index (χ4n) is 1.19. The Morgan fingerprint density at radius 2 is 2.08 bits per heavy atom. The molecule has 0 aromatic heterocycles. The van der Waals surface area contributed by atoms with Gasteiger partial charge in [-0.3, -0.25) is 10.1 Å². The van der Waals surface area contributed by atoms with Gasteiger partial charge in [0.25, 0.3) is 5.69 Å². The Morgan fingerprint density at radius 3 is 2.54 bits per heavy atom. The molecule has 0 atom stereocenters. The van der Waals surface area contributed by atoms with E-state index in [0.717, 1.165) is 0 Å². The van der Waals surface area contributed by atoms with Gasteiger partial charge in [0.2, 0.25) is 0 Å². The third kappa shape index (κ3) is 1.65. The number of nitrogens with zero attached hydrogens (tertiary/aromatic N) is 1. The van der Waals surface area contributed by atoms with E-state index >= 15 is 0 Å². The Morgan fingerprint density at radius 1 is 1.54 bits per heavy atom. The summed E-state index contributed by atoms with van der Waals surface area (Å²) in [7, 11) is 0. The molecule has 0 unspecified atom stereocenters. The number of benzene rings is 1. The van der Waals surface area contributed by atoms with Gasteiger partial charge < -0.3 is 5.11 Å². The van der Waals surface area contributed by atoms with Crippen molar-refractivity contribution in [3.8, 4) is 5.75 Å². The summed E-state index contributed by atoms with van der Waals surface area (Å²) in [5.41, 5.74) is 0.796. The number of rotatable bonds is 1. The van der Waals surface area contributed by atoms with Crippen molar-refractivity contribution in [1.82, 2.24) is 0 Å². The molecule has 0 radical (unpaired) electrons. The predicted molar refractivity (Wildman–Crippen MR) is 51.9 cm³/mol. The molecule has 0 aliphatic heterocycles. The molecule has 1 aromatic rings. The summed E-state index contributed by atoms with van der Waals surface area (Å²) in [6, 6.07) is 1.53. The number of hydrogen-bond donors (Lipinski definition) is 1. The summed E-state index contributed by atoms with van der Waals surface area (Å²) in [6.07, 6.45) is 0. The molecular weight excluding hydrogens is 238 g/mol. The maximum Gasteiger partial charge on any atom is 0.278 e. The van der Waals surface area contributed by atoms with E-state index in [0.29, 0.717) is 10.0 Å². The minimum absolute atomic E-state index is 0.0271. The lowest BCUT2D eigenvalue weighted by Crippen LogP contribution is -1.95. The molecule has 1 aromatic carbocycles. The van der Waals surface area contributed by atoms with Gasteiger partial charge in [-0.2, -0.15) is 0 Å². The van der Waals surface area contributed by atoms with Crippen LogP contribution in [0.1, 0.15) is 11.1 Å². The Hall–Kier alpha value is -1.10. The molecule has 1 rings (SSSR count). The summed E-state index contributed by atoms with van der Waals surface area (Å²) in [6.45, 7) is 3.15. The van der Waals surface area contributed by atoms with E-state index in [1.165, 1.54) is 13.0 Å². The van der Waals surface area contributed by atoms with Crippen molar-refractivity contribution in [3.05, 3.63) is 31.8 Å². The van der Waals surface area contributed by atoms with Crippen LogP contribution in [0, 0.1) is 24.0 Å². The topological polar surface area (TPSA) is 63.4 Å². The number of halogens is 1. The first-order valence-corrected chi connectivity index (χ1v) is 4.37. The lowest BCUT2D eigenvalue weighted by atomic mass is 10.1. The fourth-order valence-corrected chi connectivity index (χ4v) is 1.84. The first-order chi connectivity index (χ1) is 5.95. The van der Waals surface area contributed by atoms with Gasteiger partial charge in [-0.1, -0.05) is 0 Å². The van der Waals surface area contributed by atoms with Crippen molar-refractivity contribution in [2.75, 3.05) is 0 Å². The van der Waals surface area contributed by atoms with Crippen molar-refractivity contribution in [2.24, 2.45) is 0 Å². The van der Waals surface area contributed by atoms with E-state index in [1.54, 1.807) is 6.92 Å². The highest BCUT2D eigenvalue weighted by molar-refractivity contribution is 9.10. The van der Waals surface area contributed by atoms with E-state index in [4.69, 9.17) is 0 Å². The number of aromatic hydroxyl groups is 1. The third-order valence-corrected chi connectivity index (χ3v) is 2.44. The maximum absolute atomic E-state index is 10.6. The molecule has 1 N–H and O–H groups in total. The van der Waals surface area contributed by atoms with Crippen LogP contribution in [0.15, 0.2) is 10.5 Å². The van der Waals surface area contributed by atoms with Gasteiger partial charge in [-0.25, -0.2) is 0 Å². The van der Waals surface area contributed by atoms with Crippen LogP contribution in [0.2, 0.25) is 0 Å². The summed E-state index contributed by atoms with van der Waals surface area (Å²) in [5, 5.41) is 20.0. The average Bonchev–Trinajstić information content (AvgIpc) is 1.99. The van der Waals surface area contributed by atoms with Gasteiger partial charge in [-0.15, -0.1) is 0 Å². The molecule has 0 saturated carbocycles. The number of nitro benzene ring substituents is 1. The highest BCUT2D eigenvalue weighted by Gasteiger charge is 2.19. The fraction of sp³-hybridized carbons (Fsp3) is 0.250. The van der Waals surface area contributed by atoms with Gasteiger partial charge in [-0.05, 0) is 35.8 Å². The molecule has 0 aliphatic rings. The quantitative estimate of drug-likeness (QED) is 0.612. The standard InChI is InChI=1S/C8H8BrNO3/c1-4-3-6(9)8(11)5(2)7(4)10(12)13/h3,11H,1-2H3. The first kappa shape index (κ1) is 9.98. The molecule has 0 aliphatic carbocycles. The zero-order chi connectivity index (χ0) is 10.2. The second-order valence-electron chi connectivity index (χ2n) is 2.75. The monoisotopic (exact) mass is 245 g/mol. The van der Waals surface area contributed by atoms with Crippen LogP contribution in [-0.4, -0.2) is 10.0 Å². The van der Waals surface area contributed by atoms with Crippen molar-refractivity contribution < 1.29 is 10.0 Å². The summed E-state index contributed by atoms with van der Waals surface area (Å²) >= 11 is 3.11. The second kappa shape index (κ2) is 3.33.